The maximum absolute atomic E-state index is 12.6. The Bertz CT molecular complexity index is 344. The van der Waals surface area contributed by atoms with Crippen molar-refractivity contribution < 1.29 is 9.53 Å². The van der Waals surface area contributed by atoms with Gasteiger partial charge in [-0.25, -0.2) is 0 Å². The normalized spacial score (nSPS) is 21.9. The van der Waals surface area contributed by atoms with Crippen molar-refractivity contribution in [1.82, 2.24) is 4.90 Å². The first-order chi connectivity index (χ1) is 9.06. The molecule has 0 unspecified atom stereocenters. The van der Waals surface area contributed by atoms with Crippen molar-refractivity contribution in [2.75, 3.05) is 13.7 Å². The number of hydrogen-bond donors (Lipinski definition) is 1. The molecule has 2 N–H and O–H groups in total. The minimum absolute atomic E-state index is 0.154. The Hall–Kier alpha value is -0.680. The SMILES string of the molecule is COC1(CC(=O)N(CC(N)=S)C2CCCC2)CCC1. The van der Waals surface area contributed by atoms with E-state index in [1.807, 2.05) is 4.90 Å². The van der Waals surface area contributed by atoms with Crippen molar-refractivity contribution in [2.45, 2.75) is 63.0 Å². The first kappa shape index (κ1) is 14.7. The molecule has 5 heteroatoms. The zero-order chi connectivity index (χ0) is 13.9. The van der Waals surface area contributed by atoms with E-state index in [2.05, 4.69) is 0 Å². The second-order valence-electron chi connectivity index (χ2n) is 5.84. The average molecular weight is 284 g/mol. The fourth-order valence-corrected chi connectivity index (χ4v) is 3.35. The molecule has 0 aromatic heterocycles. The molecule has 1 amide bonds. The van der Waals surface area contributed by atoms with E-state index >= 15 is 0 Å². The highest BCUT2D eigenvalue weighted by molar-refractivity contribution is 7.80. The molecule has 2 fully saturated rings. The number of ether oxygens (including phenoxy) is 1. The van der Waals surface area contributed by atoms with Crippen LogP contribution in [0.4, 0.5) is 0 Å². The summed E-state index contributed by atoms with van der Waals surface area (Å²) in [7, 11) is 1.71. The van der Waals surface area contributed by atoms with Crippen LogP contribution >= 0.6 is 12.2 Å². The zero-order valence-electron chi connectivity index (χ0n) is 11.7. The van der Waals surface area contributed by atoms with Gasteiger partial charge in [0.05, 0.1) is 23.6 Å². The van der Waals surface area contributed by atoms with Gasteiger partial charge in [-0.2, -0.15) is 0 Å². The van der Waals surface area contributed by atoms with Gasteiger partial charge in [-0.1, -0.05) is 25.1 Å². The molecule has 0 aromatic carbocycles. The predicted molar refractivity (Wildman–Crippen MR) is 79.0 cm³/mol. The van der Waals surface area contributed by atoms with Gasteiger partial charge in [0.2, 0.25) is 5.91 Å². The monoisotopic (exact) mass is 284 g/mol. The van der Waals surface area contributed by atoms with Gasteiger partial charge in [-0.05, 0) is 32.1 Å². The molecule has 2 rings (SSSR count). The lowest BCUT2D eigenvalue weighted by Gasteiger charge is -2.42. The quantitative estimate of drug-likeness (QED) is 0.758. The first-order valence-electron chi connectivity index (χ1n) is 7.19. The molecule has 0 aliphatic heterocycles. The van der Waals surface area contributed by atoms with Crippen LogP contribution in [0.5, 0.6) is 0 Å². The molecular formula is C14H24N2O2S. The summed E-state index contributed by atoms with van der Waals surface area (Å²) in [5, 5.41) is 0. The number of hydrogen-bond acceptors (Lipinski definition) is 3. The van der Waals surface area contributed by atoms with E-state index in [1.165, 1.54) is 12.8 Å². The maximum Gasteiger partial charge on any atom is 0.226 e. The Labute approximate surface area is 120 Å². The van der Waals surface area contributed by atoms with Crippen molar-refractivity contribution in [3.05, 3.63) is 0 Å². The molecule has 0 bridgehead atoms. The van der Waals surface area contributed by atoms with Crippen LogP contribution in [0.2, 0.25) is 0 Å². The molecule has 0 heterocycles. The largest absolute Gasteiger partial charge is 0.392 e. The summed E-state index contributed by atoms with van der Waals surface area (Å²) in [5.41, 5.74) is 5.43. The summed E-state index contributed by atoms with van der Waals surface area (Å²) in [6, 6.07) is 0.322. The molecule has 2 aliphatic carbocycles. The average Bonchev–Trinajstić information content (AvgIpc) is 2.83. The van der Waals surface area contributed by atoms with Crippen LogP contribution < -0.4 is 5.73 Å². The minimum Gasteiger partial charge on any atom is -0.392 e. The number of thiocarbonyl (C=S) groups is 1. The Morgan fingerprint density at radius 3 is 2.42 bits per heavy atom. The fourth-order valence-electron chi connectivity index (χ4n) is 3.21. The van der Waals surface area contributed by atoms with Crippen LogP contribution in [0.1, 0.15) is 51.4 Å². The molecule has 0 atom stereocenters. The second kappa shape index (κ2) is 6.18. The van der Waals surface area contributed by atoms with Gasteiger partial charge in [0, 0.05) is 13.2 Å². The van der Waals surface area contributed by atoms with E-state index in [0.29, 0.717) is 24.0 Å². The Morgan fingerprint density at radius 2 is 2.00 bits per heavy atom. The van der Waals surface area contributed by atoms with E-state index < -0.39 is 0 Å². The van der Waals surface area contributed by atoms with Gasteiger partial charge in [-0.15, -0.1) is 0 Å². The highest BCUT2D eigenvalue weighted by Crippen LogP contribution is 2.39. The number of carbonyl (C=O) groups excluding carboxylic acids is 1. The Morgan fingerprint density at radius 1 is 1.37 bits per heavy atom. The molecule has 4 nitrogen and oxygen atoms in total. The van der Waals surface area contributed by atoms with Crippen LogP contribution in [-0.2, 0) is 9.53 Å². The van der Waals surface area contributed by atoms with E-state index in [0.717, 1.165) is 32.1 Å². The van der Waals surface area contributed by atoms with Crippen LogP contribution in [0.15, 0.2) is 0 Å². The number of amides is 1. The van der Waals surface area contributed by atoms with Crippen molar-refractivity contribution in [1.29, 1.82) is 0 Å². The van der Waals surface area contributed by atoms with Gasteiger partial charge in [-0.3, -0.25) is 4.79 Å². The summed E-state index contributed by atoms with van der Waals surface area (Å²) in [6.45, 7) is 0.415. The molecule has 19 heavy (non-hydrogen) atoms. The summed E-state index contributed by atoms with van der Waals surface area (Å²) < 4.78 is 5.55. The highest BCUT2D eigenvalue weighted by atomic mass is 32.1. The third-order valence-corrected chi connectivity index (χ3v) is 4.71. The summed E-state index contributed by atoms with van der Waals surface area (Å²) in [6.07, 6.45) is 8.15. The maximum atomic E-state index is 12.6. The summed E-state index contributed by atoms with van der Waals surface area (Å²) in [5.74, 6) is 0.154. The standard InChI is InChI=1S/C14H24N2O2S/c1-18-14(7-4-8-14)9-13(17)16(10-12(15)19)11-5-2-3-6-11/h11H,2-10H2,1H3,(H2,15,19). The number of nitrogens with two attached hydrogens (primary N) is 1. The second-order valence-corrected chi connectivity index (χ2v) is 6.37. The van der Waals surface area contributed by atoms with E-state index in [-0.39, 0.29) is 11.5 Å². The number of methoxy groups -OCH3 is 1. The van der Waals surface area contributed by atoms with Crippen LogP contribution in [0.3, 0.4) is 0 Å². The van der Waals surface area contributed by atoms with Crippen LogP contribution in [0.25, 0.3) is 0 Å². The molecular weight excluding hydrogens is 260 g/mol. The van der Waals surface area contributed by atoms with Crippen LogP contribution in [-0.4, -0.2) is 41.1 Å². The van der Waals surface area contributed by atoms with Gasteiger partial charge < -0.3 is 15.4 Å². The predicted octanol–water partition coefficient (Wildman–Crippen LogP) is 2.00. The van der Waals surface area contributed by atoms with Crippen molar-refractivity contribution in [3.63, 3.8) is 0 Å². The first-order valence-corrected chi connectivity index (χ1v) is 7.60. The highest BCUT2D eigenvalue weighted by Gasteiger charge is 2.41. The third kappa shape index (κ3) is 3.45. The molecule has 2 aliphatic rings. The Kier molecular flexibility index (Phi) is 4.79. The minimum atomic E-state index is -0.218. The van der Waals surface area contributed by atoms with Crippen molar-refractivity contribution >= 4 is 23.1 Å². The third-order valence-electron chi connectivity index (χ3n) is 4.58. The summed E-state index contributed by atoms with van der Waals surface area (Å²) in [4.78, 5) is 14.9. The van der Waals surface area contributed by atoms with E-state index in [1.54, 1.807) is 7.11 Å². The number of rotatable bonds is 6. The Balaban J connectivity index is 2.00. The summed E-state index contributed by atoms with van der Waals surface area (Å²) >= 11 is 4.99. The number of carbonyl (C=O) groups is 1. The lowest BCUT2D eigenvalue weighted by atomic mass is 9.77. The van der Waals surface area contributed by atoms with Crippen molar-refractivity contribution in [3.8, 4) is 0 Å². The van der Waals surface area contributed by atoms with Gasteiger partial charge in [0.25, 0.3) is 0 Å². The molecule has 0 radical (unpaired) electrons. The van der Waals surface area contributed by atoms with Gasteiger partial charge in [0.15, 0.2) is 0 Å². The van der Waals surface area contributed by atoms with Gasteiger partial charge in [0.1, 0.15) is 0 Å². The number of nitrogens with zero attached hydrogens (tertiary/aromatic N) is 1. The molecule has 0 aromatic rings. The topological polar surface area (TPSA) is 55.6 Å². The lowest BCUT2D eigenvalue weighted by Crippen LogP contribution is -2.49. The molecule has 2 saturated carbocycles. The molecule has 108 valence electrons. The smallest absolute Gasteiger partial charge is 0.226 e. The lowest BCUT2D eigenvalue weighted by molar-refractivity contribution is -0.145. The molecule has 0 spiro atoms. The van der Waals surface area contributed by atoms with E-state index in [9.17, 15) is 4.79 Å². The van der Waals surface area contributed by atoms with Gasteiger partial charge >= 0.3 is 0 Å². The zero-order valence-corrected chi connectivity index (χ0v) is 12.5. The fraction of sp³-hybridized carbons (Fsp3) is 0.857. The molecule has 0 saturated heterocycles. The van der Waals surface area contributed by atoms with E-state index in [4.69, 9.17) is 22.7 Å². The van der Waals surface area contributed by atoms with Crippen molar-refractivity contribution in [2.24, 2.45) is 5.73 Å². The van der Waals surface area contributed by atoms with Crippen LogP contribution in [0, 0.1) is 0 Å².